The average molecular weight is 110 g/mol. The Morgan fingerprint density at radius 1 is 1.17 bits per heavy atom. The van der Waals surface area contributed by atoms with E-state index in [-0.39, 0.29) is 0 Å². The summed E-state index contributed by atoms with van der Waals surface area (Å²) in [6.45, 7) is 0. The zero-order chi connectivity index (χ0) is 4.62. The zero-order valence-corrected chi connectivity index (χ0v) is 3.62. The topological polar surface area (TPSA) is 68.2 Å². The van der Waals surface area contributed by atoms with Crippen LogP contribution < -0.4 is 0 Å². The molecule has 0 radical (unpaired) electrons. The molecule has 0 saturated carbocycles. The molecule has 1 fully saturated rings. The van der Waals surface area contributed by atoms with Gasteiger partial charge in [-0.3, -0.25) is 0 Å². The molecule has 0 amide bonds. The van der Waals surface area contributed by atoms with Gasteiger partial charge in [0, 0.05) is 0 Å². The number of rotatable bonds is 0. The molecule has 0 spiro atoms. The SMILES string of the molecule is O[Si]1(O)OOO1. The Hall–Kier alpha value is 0.0169. The summed E-state index contributed by atoms with van der Waals surface area (Å²) < 4.78 is 7.29. The highest BCUT2D eigenvalue weighted by Gasteiger charge is 2.50. The molecule has 2 N–H and O–H groups in total. The van der Waals surface area contributed by atoms with Crippen molar-refractivity contribution in [3.63, 3.8) is 0 Å². The Morgan fingerprint density at radius 3 is 1.50 bits per heavy atom. The molecule has 0 aliphatic carbocycles. The summed E-state index contributed by atoms with van der Waals surface area (Å²) in [7, 11) is -3.67. The second-order valence-electron chi connectivity index (χ2n) is 0.783. The van der Waals surface area contributed by atoms with Crippen molar-refractivity contribution in [1.82, 2.24) is 0 Å². The van der Waals surface area contributed by atoms with Crippen LogP contribution in [0.15, 0.2) is 0 Å². The van der Waals surface area contributed by atoms with E-state index < -0.39 is 9.05 Å². The lowest BCUT2D eigenvalue weighted by atomic mass is 14.5. The maximum absolute atomic E-state index is 8.04. The van der Waals surface area contributed by atoms with Crippen LogP contribution in [-0.2, 0) is 14.2 Å². The van der Waals surface area contributed by atoms with Gasteiger partial charge in [0.05, 0.1) is 0 Å². The van der Waals surface area contributed by atoms with Crippen molar-refractivity contribution in [2.24, 2.45) is 0 Å². The molecule has 0 unspecified atom stereocenters. The first-order valence-electron chi connectivity index (χ1n) is 1.19. The van der Waals surface area contributed by atoms with E-state index in [1.165, 1.54) is 0 Å². The van der Waals surface area contributed by atoms with Crippen LogP contribution in [0.3, 0.4) is 0 Å². The summed E-state index contributed by atoms with van der Waals surface area (Å²) in [5.41, 5.74) is 0. The van der Waals surface area contributed by atoms with Gasteiger partial charge in [0.2, 0.25) is 0 Å². The third kappa shape index (κ3) is 0.569. The highest BCUT2D eigenvalue weighted by atomic mass is 28.4. The van der Waals surface area contributed by atoms with Gasteiger partial charge in [0.15, 0.2) is 0 Å². The predicted octanol–water partition coefficient (Wildman–Crippen LogP) is -1.70. The molecular weight excluding hydrogens is 108 g/mol. The third-order valence-corrected chi connectivity index (χ3v) is 0.855. The number of hydrogen-bond acceptors (Lipinski definition) is 5. The van der Waals surface area contributed by atoms with Crippen molar-refractivity contribution in [3.8, 4) is 0 Å². The van der Waals surface area contributed by atoms with E-state index in [0.29, 0.717) is 0 Å². The second kappa shape index (κ2) is 0.996. The van der Waals surface area contributed by atoms with Gasteiger partial charge in [-0.15, -0.1) is 0 Å². The fourth-order valence-electron chi connectivity index (χ4n) is 0.0949. The molecule has 0 bridgehead atoms. The van der Waals surface area contributed by atoms with Crippen LogP contribution >= 0.6 is 0 Å². The molecule has 0 aromatic rings. The maximum Gasteiger partial charge on any atom is 0.735 e. The Morgan fingerprint density at radius 2 is 1.50 bits per heavy atom. The molecule has 1 aliphatic heterocycles. The van der Waals surface area contributed by atoms with E-state index in [0.717, 1.165) is 0 Å². The summed E-state index contributed by atoms with van der Waals surface area (Å²) in [4.78, 5) is 16.1. The molecule has 6 heavy (non-hydrogen) atoms. The third-order valence-electron chi connectivity index (χ3n) is 0.285. The Kier molecular flexibility index (Phi) is 0.694. The monoisotopic (exact) mass is 110 g/mol. The molecule has 0 aromatic carbocycles. The van der Waals surface area contributed by atoms with Crippen molar-refractivity contribution in [2.75, 3.05) is 0 Å². The molecule has 1 aliphatic rings. The molecule has 36 valence electrons. The largest absolute Gasteiger partial charge is 0.735 e. The first kappa shape index (κ1) is 4.18. The second-order valence-corrected chi connectivity index (χ2v) is 2.21. The van der Waals surface area contributed by atoms with E-state index in [1.807, 2.05) is 0 Å². The van der Waals surface area contributed by atoms with E-state index in [9.17, 15) is 0 Å². The molecule has 1 rings (SSSR count). The van der Waals surface area contributed by atoms with Gasteiger partial charge in [0.25, 0.3) is 0 Å². The highest BCUT2D eigenvalue weighted by molar-refractivity contribution is 6.50. The fraction of sp³-hybridized carbons (Fsp3) is 0. The standard InChI is InChI=1S/H2O5Si/c1-6(2)4-3-5-6/h1-2H. The van der Waals surface area contributed by atoms with Crippen molar-refractivity contribution >= 4 is 9.05 Å². The smallest absolute Gasteiger partial charge is 0.365 e. The van der Waals surface area contributed by atoms with Gasteiger partial charge >= 0.3 is 9.05 Å². The van der Waals surface area contributed by atoms with E-state index >= 15 is 0 Å². The van der Waals surface area contributed by atoms with E-state index in [1.54, 1.807) is 0 Å². The summed E-state index contributed by atoms with van der Waals surface area (Å²) >= 11 is 0. The Balaban J connectivity index is 2.31. The molecular formula is H2O5Si. The van der Waals surface area contributed by atoms with Crippen LogP contribution in [0.4, 0.5) is 0 Å². The lowest BCUT2D eigenvalue weighted by molar-refractivity contribution is -0.549. The maximum atomic E-state index is 8.04. The van der Waals surface area contributed by atoms with Gasteiger partial charge in [-0.1, -0.05) is 5.04 Å². The van der Waals surface area contributed by atoms with Gasteiger partial charge in [-0.05, 0) is 0 Å². The van der Waals surface area contributed by atoms with Crippen LogP contribution in [0.25, 0.3) is 0 Å². The Labute approximate surface area is 34.0 Å². The molecule has 0 atom stereocenters. The van der Waals surface area contributed by atoms with Gasteiger partial charge < -0.3 is 9.59 Å². The molecule has 1 heterocycles. The van der Waals surface area contributed by atoms with Crippen LogP contribution in [0, 0.1) is 0 Å². The van der Waals surface area contributed by atoms with Gasteiger partial charge in [-0.25, -0.2) is 0 Å². The quantitative estimate of drug-likeness (QED) is 0.287. The minimum absolute atomic E-state index is 3.50. The summed E-state index contributed by atoms with van der Waals surface area (Å²) in [6, 6.07) is 0. The van der Waals surface area contributed by atoms with Crippen molar-refractivity contribution in [3.05, 3.63) is 0 Å². The Bertz CT molecular complexity index is 51.0. The highest BCUT2D eigenvalue weighted by Crippen LogP contribution is 2.09. The van der Waals surface area contributed by atoms with Crippen molar-refractivity contribution in [2.45, 2.75) is 0 Å². The summed E-state index contributed by atoms with van der Waals surface area (Å²) in [5.74, 6) is 0. The minimum atomic E-state index is -3.67. The van der Waals surface area contributed by atoms with Crippen molar-refractivity contribution < 1.29 is 23.8 Å². The first-order valence-corrected chi connectivity index (χ1v) is 2.90. The van der Waals surface area contributed by atoms with Crippen molar-refractivity contribution in [1.29, 1.82) is 0 Å². The van der Waals surface area contributed by atoms with Gasteiger partial charge in [0.1, 0.15) is 0 Å². The molecule has 5 nitrogen and oxygen atoms in total. The molecule has 1 saturated heterocycles. The first-order chi connectivity index (χ1) is 2.71. The van der Waals surface area contributed by atoms with Gasteiger partial charge in [-0.2, -0.15) is 9.15 Å². The lowest BCUT2D eigenvalue weighted by Crippen LogP contribution is -2.51. The fourth-order valence-corrected chi connectivity index (χ4v) is 0.285. The zero-order valence-electron chi connectivity index (χ0n) is 2.62. The van der Waals surface area contributed by atoms with E-state index in [2.05, 4.69) is 14.2 Å². The lowest BCUT2D eigenvalue weighted by Gasteiger charge is -2.19. The molecule has 0 aromatic heterocycles. The molecule has 6 heteroatoms. The van der Waals surface area contributed by atoms with Crippen LogP contribution in [-0.4, -0.2) is 18.6 Å². The average Bonchev–Trinajstić information content (AvgIpc) is 1.32. The van der Waals surface area contributed by atoms with Crippen LogP contribution in [0.1, 0.15) is 0 Å². The summed E-state index contributed by atoms with van der Waals surface area (Å²) in [6.07, 6.45) is 0. The summed E-state index contributed by atoms with van der Waals surface area (Å²) in [5, 5.41) is 3.50. The normalized spacial score (nSPS) is 29.0. The minimum Gasteiger partial charge on any atom is -0.365 e. The van der Waals surface area contributed by atoms with E-state index in [4.69, 9.17) is 9.59 Å². The number of hydrogen-bond donors (Lipinski definition) is 2. The van der Waals surface area contributed by atoms with Crippen LogP contribution in [0.5, 0.6) is 0 Å². The predicted molar refractivity (Wildman–Crippen MR) is 13.4 cm³/mol. The van der Waals surface area contributed by atoms with Crippen LogP contribution in [0.2, 0.25) is 0 Å².